The summed E-state index contributed by atoms with van der Waals surface area (Å²) < 4.78 is 5.15. The Bertz CT molecular complexity index is 405. The summed E-state index contributed by atoms with van der Waals surface area (Å²) in [5, 5.41) is 28.6. The molecule has 0 amide bonds. The number of carbonyl (C=O) groups is 1. The van der Waals surface area contributed by atoms with Crippen LogP contribution in [0.5, 0.6) is 0 Å². The number of hydrogen-bond donors (Lipinski definition) is 3. The molecular formula is C13H16O5. The lowest BCUT2D eigenvalue weighted by Gasteiger charge is -2.34. The molecule has 5 heteroatoms. The standard InChI is InChI=1S/C13H16O5/c14-9-6-7-10(12(16)11(9)15)18-13(17)8-4-2-1-3-5-8/h1-5,9-12,14-16H,6-7H2/t9-,10-,11-,12+/m1/s1. The normalized spacial score (nSPS) is 31.9. The predicted molar refractivity (Wildman–Crippen MR) is 62.9 cm³/mol. The summed E-state index contributed by atoms with van der Waals surface area (Å²) in [7, 11) is 0. The fourth-order valence-electron chi connectivity index (χ4n) is 2.03. The van der Waals surface area contributed by atoms with E-state index in [1.807, 2.05) is 0 Å². The number of hydrogen-bond acceptors (Lipinski definition) is 5. The number of esters is 1. The Morgan fingerprint density at radius 2 is 1.72 bits per heavy atom. The number of carbonyl (C=O) groups excluding carboxylic acids is 1. The number of aliphatic hydroxyl groups is 3. The molecule has 2 rings (SSSR count). The van der Waals surface area contributed by atoms with Gasteiger partial charge in [-0.25, -0.2) is 4.79 Å². The average Bonchev–Trinajstić information content (AvgIpc) is 2.40. The molecule has 0 heterocycles. The van der Waals surface area contributed by atoms with Gasteiger partial charge in [0.05, 0.1) is 11.7 Å². The van der Waals surface area contributed by atoms with Crippen LogP contribution in [0, 0.1) is 0 Å². The first-order valence-corrected chi connectivity index (χ1v) is 5.90. The molecule has 1 saturated carbocycles. The van der Waals surface area contributed by atoms with Gasteiger partial charge in [0.25, 0.3) is 0 Å². The molecule has 0 aromatic heterocycles. The van der Waals surface area contributed by atoms with E-state index in [0.717, 1.165) is 0 Å². The predicted octanol–water partition coefficient (Wildman–Crippen LogP) is 0.0885. The van der Waals surface area contributed by atoms with Crippen molar-refractivity contribution in [3.63, 3.8) is 0 Å². The van der Waals surface area contributed by atoms with E-state index in [0.29, 0.717) is 18.4 Å². The molecule has 3 N–H and O–H groups in total. The van der Waals surface area contributed by atoms with Gasteiger partial charge in [-0.15, -0.1) is 0 Å². The van der Waals surface area contributed by atoms with Crippen molar-refractivity contribution in [2.45, 2.75) is 37.3 Å². The van der Waals surface area contributed by atoms with Gasteiger partial charge >= 0.3 is 5.97 Å². The molecule has 0 bridgehead atoms. The van der Waals surface area contributed by atoms with Crippen LogP contribution >= 0.6 is 0 Å². The third-order valence-corrected chi connectivity index (χ3v) is 3.14. The van der Waals surface area contributed by atoms with Crippen LogP contribution in [0.2, 0.25) is 0 Å². The minimum absolute atomic E-state index is 0.297. The van der Waals surface area contributed by atoms with E-state index in [1.165, 1.54) is 0 Å². The topological polar surface area (TPSA) is 87.0 Å². The Kier molecular flexibility index (Phi) is 3.96. The highest BCUT2D eigenvalue weighted by molar-refractivity contribution is 5.89. The summed E-state index contributed by atoms with van der Waals surface area (Å²) in [5.41, 5.74) is 0.394. The summed E-state index contributed by atoms with van der Waals surface area (Å²) in [5.74, 6) is -0.539. The molecule has 0 unspecified atom stereocenters. The van der Waals surface area contributed by atoms with Crippen molar-refractivity contribution in [3.8, 4) is 0 Å². The van der Waals surface area contributed by atoms with Crippen molar-refractivity contribution in [2.24, 2.45) is 0 Å². The molecule has 1 aliphatic rings. The van der Waals surface area contributed by atoms with E-state index >= 15 is 0 Å². The Hall–Kier alpha value is -1.43. The number of benzene rings is 1. The second-order valence-electron chi connectivity index (χ2n) is 4.44. The van der Waals surface area contributed by atoms with Crippen LogP contribution in [-0.4, -0.2) is 45.7 Å². The lowest BCUT2D eigenvalue weighted by atomic mass is 9.89. The zero-order valence-corrected chi connectivity index (χ0v) is 9.77. The van der Waals surface area contributed by atoms with Crippen LogP contribution in [0.3, 0.4) is 0 Å². The molecule has 1 aromatic rings. The van der Waals surface area contributed by atoms with E-state index in [-0.39, 0.29) is 0 Å². The van der Waals surface area contributed by atoms with Crippen LogP contribution < -0.4 is 0 Å². The van der Waals surface area contributed by atoms with Gasteiger partial charge in [-0.1, -0.05) is 18.2 Å². The third-order valence-electron chi connectivity index (χ3n) is 3.14. The Balaban J connectivity index is 2.00. The molecule has 1 aromatic carbocycles. The summed E-state index contributed by atoms with van der Waals surface area (Å²) in [6.45, 7) is 0. The van der Waals surface area contributed by atoms with Crippen molar-refractivity contribution in [1.82, 2.24) is 0 Å². The second-order valence-corrected chi connectivity index (χ2v) is 4.44. The van der Waals surface area contributed by atoms with Crippen molar-refractivity contribution in [1.29, 1.82) is 0 Å². The van der Waals surface area contributed by atoms with Gasteiger partial charge in [-0.05, 0) is 25.0 Å². The lowest BCUT2D eigenvalue weighted by Crippen LogP contribution is -2.50. The largest absolute Gasteiger partial charge is 0.456 e. The molecule has 1 fully saturated rings. The lowest BCUT2D eigenvalue weighted by molar-refractivity contribution is -0.137. The van der Waals surface area contributed by atoms with E-state index in [9.17, 15) is 20.1 Å². The van der Waals surface area contributed by atoms with Crippen LogP contribution in [0.25, 0.3) is 0 Å². The number of rotatable bonds is 2. The van der Waals surface area contributed by atoms with Crippen molar-refractivity contribution in [3.05, 3.63) is 35.9 Å². The third kappa shape index (κ3) is 2.69. The summed E-state index contributed by atoms with van der Waals surface area (Å²) in [6.07, 6.45) is -3.64. The smallest absolute Gasteiger partial charge is 0.338 e. The monoisotopic (exact) mass is 252 g/mol. The second kappa shape index (κ2) is 5.48. The maximum Gasteiger partial charge on any atom is 0.338 e. The molecule has 0 radical (unpaired) electrons. The summed E-state index contributed by atoms with van der Waals surface area (Å²) in [6, 6.07) is 8.44. The van der Waals surface area contributed by atoms with E-state index < -0.39 is 30.4 Å². The number of ether oxygens (including phenoxy) is 1. The minimum Gasteiger partial charge on any atom is -0.456 e. The van der Waals surface area contributed by atoms with Gasteiger partial charge in [0.15, 0.2) is 0 Å². The van der Waals surface area contributed by atoms with Crippen LogP contribution in [0.4, 0.5) is 0 Å². The van der Waals surface area contributed by atoms with Crippen molar-refractivity contribution >= 4 is 5.97 Å². The molecule has 18 heavy (non-hydrogen) atoms. The Labute approximate surface area is 105 Å². The first-order valence-electron chi connectivity index (χ1n) is 5.90. The zero-order valence-electron chi connectivity index (χ0n) is 9.77. The maximum atomic E-state index is 11.8. The molecule has 1 aliphatic carbocycles. The molecule has 0 aliphatic heterocycles. The van der Waals surface area contributed by atoms with Gasteiger partial charge in [0.2, 0.25) is 0 Å². The highest BCUT2D eigenvalue weighted by Crippen LogP contribution is 2.23. The minimum atomic E-state index is -1.27. The molecule has 0 saturated heterocycles. The van der Waals surface area contributed by atoms with E-state index in [2.05, 4.69) is 0 Å². The summed E-state index contributed by atoms with van der Waals surface area (Å²) >= 11 is 0. The molecular weight excluding hydrogens is 236 g/mol. The summed E-state index contributed by atoms with van der Waals surface area (Å²) in [4.78, 5) is 11.8. The van der Waals surface area contributed by atoms with E-state index in [1.54, 1.807) is 30.3 Å². The fourth-order valence-corrected chi connectivity index (χ4v) is 2.03. The molecule has 98 valence electrons. The zero-order chi connectivity index (χ0) is 13.1. The highest BCUT2D eigenvalue weighted by atomic mass is 16.6. The van der Waals surface area contributed by atoms with Gasteiger partial charge in [0.1, 0.15) is 18.3 Å². The average molecular weight is 252 g/mol. The van der Waals surface area contributed by atoms with Crippen LogP contribution in [0.15, 0.2) is 30.3 Å². The van der Waals surface area contributed by atoms with Gasteiger partial charge < -0.3 is 20.1 Å². The SMILES string of the molecule is O=C(O[C@@H]1CC[C@@H](O)[C@@H](O)[C@H]1O)c1ccccc1. The van der Waals surface area contributed by atoms with Gasteiger partial charge in [-0.2, -0.15) is 0 Å². The Morgan fingerprint density at radius 1 is 1.06 bits per heavy atom. The Morgan fingerprint density at radius 3 is 2.39 bits per heavy atom. The number of aliphatic hydroxyl groups excluding tert-OH is 3. The quantitative estimate of drug-likeness (QED) is 0.649. The van der Waals surface area contributed by atoms with Crippen molar-refractivity contribution in [2.75, 3.05) is 0 Å². The van der Waals surface area contributed by atoms with Crippen LogP contribution in [0.1, 0.15) is 23.2 Å². The van der Waals surface area contributed by atoms with E-state index in [4.69, 9.17) is 4.74 Å². The molecule has 4 atom stereocenters. The molecule has 0 spiro atoms. The van der Waals surface area contributed by atoms with Gasteiger partial charge in [0, 0.05) is 0 Å². The van der Waals surface area contributed by atoms with Crippen LogP contribution in [-0.2, 0) is 4.74 Å². The van der Waals surface area contributed by atoms with Crippen molar-refractivity contribution < 1.29 is 24.9 Å². The first kappa shape index (κ1) is 13.0. The van der Waals surface area contributed by atoms with Gasteiger partial charge in [-0.3, -0.25) is 0 Å². The fraction of sp³-hybridized carbons (Fsp3) is 0.462. The molecule has 5 nitrogen and oxygen atoms in total. The highest BCUT2D eigenvalue weighted by Gasteiger charge is 2.38. The maximum absolute atomic E-state index is 11.8. The first-order chi connectivity index (χ1) is 8.59.